The van der Waals surface area contributed by atoms with E-state index in [1.807, 2.05) is 0 Å². The SMILES string of the molecule is COc1cc(C=O)ccc1OCC(=O)NCCc1ccc(C(C)C)cc1. The normalized spacial score (nSPS) is 10.5. The van der Waals surface area contributed by atoms with E-state index in [1.54, 1.807) is 18.2 Å². The molecule has 0 atom stereocenters. The van der Waals surface area contributed by atoms with Crippen molar-refractivity contribution in [2.75, 3.05) is 20.3 Å². The van der Waals surface area contributed by atoms with Gasteiger partial charge < -0.3 is 14.8 Å². The fourth-order valence-corrected chi connectivity index (χ4v) is 2.49. The molecule has 0 aliphatic rings. The van der Waals surface area contributed by atoms with E-state index >= 15 is 0 Å². The summed E-state index contributed by atoms with van der Waals surface area (Å²) in [7, 11) is 1.49. The van der Waals surface area contributed by atoms with Crippen LogP contribution in [-0.2, 0) is 11.2 Å². The van der Waals surface area contributed by atoms with Gasteiger partial charge in [-0.1, -0.05) is 38.1 Å². The highest BCUT2D eigenvalue weighted by molar-refractivity contribution is 5.78. The maximum atomic E-state index is 11.9. The van der Waals surface area contributed by atoms with Crippen molar-refractivity contribution in [1.29, 1.82) is 0 Å². The summed E-state index contributed by atoms with van der Waals surface area (Å²) in [5.74, 6) is 1.16. The van der Waals surface area contributed by atoms with Crippen LogP contribution >= 0.6 is 0 Å². The third kappa shape index (κ3) is 5.62. The zero-order chi connectivity index (χ0) is 18.9. The summed E-state index contributed by atoms with van der Waals surface area (Å²) >= 11 is 0. The molecule has 2 rings (SSSR count). The second-order valence-corrected chi connectivity index (χ2v) is 6.31. The van der Waals surface area contributed by atoms with Crippen molar-refractivity contribution in [3.05, 3.63) is 59.2 Å². The zero-order valence-electron chi connectivity index (χ0n) is 15.5. The molecule has 138 valence electrons. The van der Waals surface area contributed by atoms with Gasteiger partial charge in [-0.3, -0.25) is 9.59 Å². The lowest BCUT2D eigenvalue weighted by molar-refractivity contribution is -0.123. The number of aldehydes is 1. The Morgan fingerprint density at radius 3 is 2.46 bits per heavy atom. The maximum absolute atomic E-state index is 11.9. The summed E-state index contributed by atoms with van der Waals surface area (Å²) in [4.78, 5) is 22.7. The van der Waals surface area contributed by atoms with Crippen LogP contribution in [0.4, 0.5) is 0 Å². The average molecular weight is 355 g/mol. The topological polar surface area (TPSA) is 64.6 Å². The Kier molecular flexibility index (Phi) is 7.21. The van der Waals surface area contributed by atoms with Crippen molar-refractivity contribution in [2.45, 2.75) is 26.2 Å². The van der Waals surface area contributed by atoms with Crippen LogP contribution in [-0.4, -0.2) is 32.5 Å². The molecule has 0 aliphatic carbocycles. The van der Waals surface area contributed by atoms with E-state index in [0.29, 0.717) is 29.5 Å². The predicted molar refractivity (Wildman–Crippen MR) is 101 cm³/mol. The first kappa shape index (κ1) is 19.5. The summed E-state index contributed by atoms with van der Waals surface area (Å²) in [5.41, 5.74) is 2.98. The Morgan fingerprint density at radius 1 is 1.12 bits per heavy atom. The van der Waals surface area contributed by atoms with E-state index < -0.39 is 0 Å². The number of rotatable bonds is 9. The van der Waals surface area contributed by atoms with E-state index in [1.165, 1.54) is 18.2 Å². The van der Waals surface area contributed by atoms with Gasteiger partial charge in [0.1, 0.15) is 6.29 Å². The predicted octanol–water partition coefficient (Wildman–Crippen LogP) is 3.37. The fourth-order valence-electron chi connectivity index (χ4n) is 2.49. The number of benzene rings is 2. The van der Waals surface area contributed by atoms with Crippen molar-refractivity contribution < 1.29 is 19.1 Å². The van der Waals surface area contributed by atoms with Crippen LogP contribution in [0.3, 0.4) is 0 Å². The van der Waals surface area contributed by atoms with Crippen LogP contribution in [0.1, 0.15) is 41.3 Å². The average Bonchev–Trinajstić information content (AvgIpc) is 2.66. The lowest BCUT2D eigenvalue weighted by atomic mass is 10.0. The standard InChI is InChI=1S/C21H25NO4/c1-15(2)18-7-4-16(5-8-18)10-11-22-21(24)14-26-19-9-6-17(13-23)12-20(19)25-3/h4-9,12-13,15H,10-11,14H2,1-3H3,(H,22,24). The number of methoxy groups -OCH3 is 1. The molecule has 0 fully saturated rings. The largest absolute Gasteiger partial charge is 0.493 e. The monoisotopic (exact) mass is 355 g/mol. The highest BCUT2D eigenvalue weighted by atomic mass is 16.5. The van der Waals surface area contributed by atoms with Crippen molar-refractivity contribution in [3.63, 3.8) is 0 Å². The molecule has 0 saturated heterocycles. The minimum absolute atomic E-state index is 0.108. The molecule has 1 N–H and O–H groups in total. The fraction of sp³-hybridized carbons (Fsp3) is 0.333. The molecule has 0 bridgehead atoms. The van der Waals surface area contributed by atoms with Gasteiger partial charge in [0.25, 0.3) is 5.91 Å². The molecule has 0 radical (unpaired) electrons. The first-order valence-corrected chi connectivity index (χ1v) is 8.65. The van der Waals surface area contributed by atoms with Crippen LogP contribution in [0.15, 0.2) is 42.5 Å². The van der Waals surface area contributed by atoms with E-state index in [9.17, 15) is 9.59 Å². The van der Waals surface area contributed by atoms with Crippen LogP contribution in [0.5, 0.6) is 11.5 Å². The van der Waals surface area contributed by atoms with Gasteiger partial charge in [0.05, 0.1) is 7.11 Å². The summed E-state index contributed by atoms with van der Waals surface area (Å²) < 4.78 is 10.7. The van der Waals surface area contributed by atoms with E-state index in [2.05, 4.69) is 43.4 Å². The Bertz CT molecular complexity index is 738. The molecule has 0 saturated carbocycles. The molecule has 26 heavy (non-hydrogen) atoms. The lowest BCUT2D eigenvalue weighted by Gasteiger charge is -2.11. The van der Waals surface area contributed by atoms with Crippen molar-refractivity contribution >= 4 is 12.2 Å². The van der Waals surface area contributed by atoms with Gasteiger partial charge in [-0.05, 0) is 41.7 Å². The molecule has 2 aromatic rings. The zero-order valence-corrected chi connectivity index (χ0v) is 15.5. The number of ether oxygens (including phenoxy) is 2. The second-order valence-electron chi connectivity index (χ2n) is 6.31. The van der Waals surface area contributed by atoms with Gasteiger partial charge in [-0.25, -0.2) is 0 Å². The summed E-state index contributed by atoms with van der Waals surface area (Å²) in [6.45, 7) is 4.76. The second kappa shape index (κ2) is 9.61. The number of nitrogens with one attached hydrogen (secondary N) is 1. The first-order valence-electron chi connectivity index (χ1n) is 8.65. The van der Waals surface area contributed by atoms with Crippen LogP contribution in [0.2, 0.25) is 0 Å². The van der Waals surface area contributed by atoms with Crippen molar-refractivity contribution in [1.82, 2.24) is 5.32 Å². The molecule has 0 heterocycles. The molecule has 0 unspecified atom stereocenters. The molecule has 0 spiro atoms. The highest BCUT2D eigenvalue weighted by Crippen LogP contribution is 2.27. The molecule has 5 nitrogen and oxygen atoms in total. The smallest absolute Gasteiger partial charge is 0.257 e. The van der Waals surface area contributed by atoms with E-state index in [0.717, 1.165) is 12.7 Å². The Morgan fingerprint density at radius 2 is 1.85 bits per heavy atom. The lowest BCUT2D eigenvalue weighted by Crippen LogP contribution is -2.30. The van der Waals surface area contributed by atoms with Crippen LogP contribution < -0.4 is 14.8 Å². The quantitative estimate of drug-likeness (QED) is 0.701. The van der Waals surface area contributed by atoms with E-state index in [-0.39, 0.29) is 12.5 Å². The molecular weight excluding hydrogens is 330 g/mol. The third-order valence-corrected chi connectivity index (χ3v) is 4.06. The summed E-state index contributed by atoms with van der Waals surface area (Å²) in [5, 5.41) is 2.84. The summed E-state index contributed by atoms with van der Waals surface area (Å²) in [6, 6.07) is 13.2. The van der Waals surface area contributed by atoms with Crippen molar-refractivity contribution in [2.24, 2.45) is 0 Å². The van der Waals surface area contributed by atoms with Crippen LogP contribution in [0.25, 0.3) is 0 Å². The van der Waals surface area contributed by atoms with Gasteiger partial charge in [-0.15, -0.1) is 0 Å². The number of carbonyl (C=O) groups excluding carboxylic acids is 2. The first-order chi connectivity index (χ1) is 12.5. The van der Waals surface area contributed by atoms with Crippen LogP contribution in [0, 0.1) is 0 Å². The third-order valence-electron chi connectivity index (χ3n) is 4.06. The molecule has 0 aromatic heterocycles. The maximum Gasteiger partial charge on any atom is 0.257 e. The highest BCUT2D eigenvalue weighted by Gasteiger charge is 2.08. The van der Waals surface area contributed by atoms with Gasteiger partial charge in [0.2, 0.25) is 0 Å². The number of carbonyl (C=O) groups is 2. The molecule has 1 amide bonds. The molecule has 0 aliphatic heterocycles. The molecule has 2 aromatic carbocycles. The van der Waals surface area contributed by atoms with Gasteiger partial charge >= 0.3 is 0 Å². The minimum atomic E-state index is -0.203. The molecule has 5 heteroatoms. The van der Waals surface area contributed by atoms with Gasteiger partial charge in [0.15, 0.2) is 18.1 Å². The number of hydrogen-bond donors (Lipinski definition) is 1. The Balaban J connectivity index is 1.78. The summed E-state index contributed by atoms with van der Waals surface area (Å²) in [6.07, 6.45) is 1.49. The number of hydrogen-bond acceptors (Lipinski definition) is 4. The van der Waals surface area contributed by atoms with E-state index in [4.69, 9.17) is 9.47 Å². The number of amides is 1. The van der Waals surface area contributed by atoms with Gasteiger partial charge in [0, 0.05) is 12.1 Å². The minimum Gasteiger partial charge on any atom is -0.493 e. The van der Waals surface area contributed by atoms with Gasteiger partial charge in [-0.2, -0.15) is 0 Å². The Labute approximate surface area is 154 Å². The molecular formula is C21H25NO4. The Hall–Kier alpha value is -2.82. The van der Waals surface area contributed by atoms with Crippen molar-refractivity contribution in [3.8, 4) is 11.5 Å².